The molecule has 0 unspecified atom stereocenters. The molecular formula is C12H14N4O8S2. The van der Waals surface area contributed by atoms with E-state index in [-0.39, 0.29) is 0 Å². The van der Waals surface area contributed by atoms with Crippen LogP contribution in [0.1, 0.15) is 6.92 Å². The van der Waals surface area contributed by atoms with Gasteiger partial charge in [-0.2, -0.15) is 0 Å². The minimum absolute atomic E-state index is 0.461. The molecule has 2 amide bonds. The van der Waals surface area contributed by atoms with E-state index in [4.69, 9.17) is 9.59 Å². The highest BCUT2D eigenvalue weighted by Gasteiger charge is 2.30. The molecule has 12 nitrogen and oxygen atoms in total. The Kier molecular flexibility index (Phi) is 12.7. The summed E-state index contributed by atoms with van der Waals surface area (Å²) < 4.78 is 4.67. The van der Waals surface area contributed by atoms with Gasteiger partial charge in [-0.25, -0.2) is 4.79 Å². The number of carbonyl (C=O) groups excluding carboxylic acids is 3. The van der Waals surface area contributed by atoms with Crippen LogP contribution < -0.4 is 16.2 Å². The molecule has 0 aliphatic rings. The fourth-order valence-corrected chi connectivity index (χ4v) is 1.20. The standard InChI is InChI=1S/C10H8N2O6.2CH3NOS/c1-2-4-9(13)18-8-6-3-5-7(11(14)15)10(8)12(16)17;2*2-1(3)4/h2-6H,1H3;2*(H3,2,3,4)/b4-2+;;. The molecule has 4 N–H and O–H groups in total. The van der Waals surface area contributed by atoms with Gasteiger partial charge in [-0.05, 0) is 13.0 Å². The summed E-state index contributed by atoms with van der Waals surface area (Å²) in [4.78, 5) is 48.9. The van der Waals surface area contributed by atoms with Gasteiger partial charge in [0.15, 0.2) is 0 Å². The molecule has 0 fully saturated rings. The molecule has 0 aromatic heterocycles. The van der Waals surface area contributed by atoms with Crippen molar-refractivity contribution in [3.63, 3.8) is 0 Å². The molecule has 0 aliphatic carbocycles. The minimum Gasteiger partial charge on any atom is -0.416 e. The zero-order valence-corrected chi connectivity index (χ0v) is 14.9. The predicted octanol–water partition coefficient (Wildman–Crippen LogP) is 1.97. The first kappa shape index (κ1) is 25.1. The number of hydrogen-bond donors (Lipinski definition) is 4. The van der Waals surface area contributed by atoms with E-state index in [9.17, 15) is 25.0 Å². The molecular weight excluding hydrogens is 392 g/mol. The van der Waals surface area contributed by atoms with E-state index in [0.717, 1.165) is 18.2 Å². The number of nitro benzene ring substituents is 2. The van der Waals surface area contributed by atoms with Crippen molar-refractivity contribution in [2.45, 2.75) is 6.92 Å². The number of carbonyl (C=O) groups is 3. The summed E-state index contributed by atoms with van der Waals surface area (Å²) in [5.74, 6) is -1.31. The third kappa shape index (κ3) is 12.3. The number of nitrogens with two attached hydrogens (primary N) is 2. The lowest BCUT2D eigenvalue weighted by molar-refractivity contribution is -0.423. The number of benzene rings is 1. The lowest BCUT2D eigenvalue weighted by Crippen LogP contribution is -2.07. The lowest BCUT2D eigenvalue weighted by atomic mass is 10.2. The van der Waals surface area contributed by atoms with E-state index in [1.54, 1.807) is 6.92 Å². The number of amides is 2. The van der Waals surface area contributed by atoms with E-state index in [0.29, 0.717) is 0 Å². The van der Waals surface area contributed by atoms with Crippen molar-refractivity contribution in [3.05, 3.63) is 50.6 Å². The lowest BCUT2D eigenvalue weighted by Gasteiger charge is -2.02. The number of hydrogen-bond acceptors (Lipinski definition) is 8. The number of esters is 1. The Hall–Kier alpha value is -3.13. The van der Waals surface area contributed by atoms with Crippen LogP contribution in [0.15, 0.2) is 30.4 Å². The summed E-state index contributed by atoms with van der Waals surface area (Å²) in [7, 11) is 0. The Balaban J connectivity index is 0. The predicted molar refractivity (Wildman–Crippen MR) is 97.3 cm³/mol. The Labute approximate surface area is 157 Å². The van der Waals surface area contributed by atoms with Crippen LogP contribution >= 0.6 is 25.3 Å². The molecule has 0 bridgehead atoms. The number of nitro groups is 2. The monoisotopic (exact) mass is 406 g/mol. The van der Waals surface area contributed by atoms with Crippen molar-refractivity contribution in [1.82, 2.24) is 0 Å². The van der Waals surface area contributed by atoms with Crippen molar-refractivity contribution in [3.8, 4) is 5.75 Å². The second-order valence-corrected chi connectivity index (χ2v) is 4.62. The third-order valence-corrected chi connectivity index (χ3v) is 1.87. The van der Waals surface area contributed by atoms with Crippen LogP contribution in [0.3, 0.4) is 0 Å². The van der Waals surface area contributed by atoms with Crippen molar-refractivity contribution in [2.24, 2.45) is 11.5 Å². The smallest absolute Gasteiger partial charge is 0.388 e. The molecule has 0 heterocycles. The summed E-state index contributed by atoms with van der Waals surface area (Å²) in [5, 5.41) is 20.1. The van der Waals surface area contributed by atoms with Gasteiger partial charge in [-0.3, -0.25) is 29.8 Å². The van der Waals surface area contributed by atoms with Crippen molar-refractivity contribution in [1.29, 1.82) is 0 Å². The summed E-state index contributed by atoms with van der Waals surface area (Å²) in [6, 6.07) is 3.28. The molecule has 0 atom stereocenters. The Bertz CT molecular complexity index is 703. The first-order valence-electron chi connectivity index (χ1n) is 6.17. The molecule has 1 rings (SSSR count). The summed E-state index contributed by atoms with van der Waals surface area (Å²) in [5.41, 5.74) is 7.10. The van der Waals surface area contributed by atoms with Crippen LogP contribution in [-0.2, 0) is 4.79 Å². The Morgan fingerprint density at radius 3 is 1.88 bits per heavy atom. The van der Waals surface area contributed by atoms with Crippen LogP contribution in [0.4, 0.5) is 21.0 Å². The number of thiol groups is 2. The van der Waals surface area contributed by atoms with E-state index in [1.807, 2.05) is 0 Å². The molecule has 26 heavy (non-hydrogen) atoms. The van der Waals surface area contributed by atoms with Gasteiger partial charge in [0.1, 0.15) is 0 Å². The maximum atomic E-state index is 11.2. The second kappa shape index (κ2) is 13.2. The molecule has 1 aromatic carbocycles. The number of allylic oxidation sites excluding steroid dienone is 1. The van der Waals surface area contributed by atoms with E-state index in [1.165, 1.54) is 12.1 Å². The molecule has 14 heteroatoms. The second-order valence-electron chi connectivity index (χ2n) is 3.74. The van der Waals surface area contributed by atoms with Gasteiger partial charge in [0.25, 0.3) is 10.5 Å². The average molecular weight is 406 g/mol. The summed E-state index contributed by atoms with van der Waals surface area (Å²) in [6.07, 6.45) is 2.42. The van der Waals surface area contributed by atoms with Gasteiger partial charge in [0, 0.05) is 12.1 Å². The van der Waals surface area contributed by atoms with E-state index in [2.05, 4.69) is 41.5 Å². The maximum Gasteiger partial charge on any atom is 0.388 e. The highest BCUT2D eigenvalue weighted by molar-refractivity contribution is 7.96. The Morgan fingerprint density at radius 1 is 1.08 bits per heavy atom. The largest absolute Gasteiger partial charge is 0.416 e. The highest BCUT2D eigenvalue weighted by Crippen LogP contribution is 2.36. The molecule has 142 valence electrons. The Morgan fingerprint density at radius 2 is 1.54 bits per heavy atom. The van der Waals surface area contributed by atoms with Crippen LogP contribution in [0.2, 0.25) is 0 Å². The number of para-hydroxylation sites is 1. The fourth-order valence-electron chi connectivity index (χ4n) is 1.20. The van der Waals surface area contributed by atoms with Crippen molar-refractivity contribution in [2.75, 3.05) is 0 Å². The van der Waals surface area contributed by atoms with Crippen LogP contribution in [0.5, 0.6) is 5.75 Å². The zero-order chi connectivity index (χ0) is 20.9. The molecule has 0 saturated carbocycles. The SMILES string of the molecule is C/C=C/C(=O)Oc1cccc([N+](=O)[O-])c1[N+](=O)[O-].NC(=O)S.NC(=O)S. The number of ether oxygens (including phenoxy) is 1. The number of rotatable bonds is 4. The zero-order valence-electron chi connectivity index (χ0n) is 13.1. The summed E-state index contributed by atoms with van der Waals surface area (Å²) >= 11 is 6.21. The summed E-state index contributed by atoms with van der Waals surface area (Å²) in [6.45, 7) is 1.56. The molecule has 1 aromatic rings. The number of primary amides is 2. The van der Waals surface area contributed by atoms with Gasteiger partial charge in [-0.15, -0.1) is 0 Å². The first-order chi connectivity index (χ1) is 11.9. The average Bonchev–Trinajstić information content (AvgIpc) is 2.45. The van der Waals surface area contributed by atoms with Gasteiger partial charge >= 0.3 is 17.3 Å². The molecule has 0 radical (unpaired) electrons. The van der Waals surface area contributed by atoms with Gasteiger partial charge in [-0.1, -0.05) is 37.4 Å². The van der Waals surface area contributed by atoms with Crippen LogP contribution in [0, 0.1) is 20.2 Å². The normalized spacial score (nSPS) is 9.04. The van der Waals surface area contributed by atoms with Gasteiger partial charge in [0.05, 0.1) is 9.85 Å². The van der Waals surface area contributed by atoms with Crippen molar-refractivity contribution >= 4 is 53.1 Å². The molecule has 0 saturated heterocycles. The maximum absolute atomic E-state index is 11.2. The van der Waals surface area contributed by atoms with Crippen LogP contribution in [-0.4, -0.2) is 26.3 Å². The number of nitrogens with zero attached hydrogens (tertiary/aromatic N) is 2. The molecule has 0 aliphatic heterocycles. The quantitative estimate of drug-likeness (QED) is 0.145. The topological polar surface area (TPSA) is 199 Å². The van der Waals surface area contributed by atoms with E-state index >= 15 is 0 Å². The van der Waals surface area contributed by atoms with E-state index < -0.39 is 43.4 Å². The first-order valence-corrected chi connectivity index (χ1v) is 7.06. The van der Waals surface area contributed by atoms with Crippen LogP contribution in [0.25, 0.3) is 0 Å². The third-order valence-electron chi connectivity index (χ3n) is 1.87. The minimum atomic E-state index is -0.962. The van der Waals surface area contributed by atoms with Gasteiger partial charge < -0.3 is 16.2 Å². The van der Waals surface area contributed by atoms with Gasteiger partial charge in [0.2, 0.25) is 5.75 Å². The molecule has 0 spiro atoms. The fraction of sp³-hybridized carbons (Fsp3) is 0.0833. The van der Waals surface area contributed by atoms with Crippen molar-refractivity contribution < 1.29 is 29.0 Å². The highest BCUT2D eigenvalue weighted by atomic mass is 32.1.